The first-order valence-electron chi connectivity index (χ1n) is 7.61. The van der Waals surface area contributed by atoms with Crippen LogP contribution in [0, 0.1) is 5.82 Å². The molecule has 3 aromatic rings. The van der Waals surface area contributed by atoms with E-state index in [1.54, 1.807) is 26.2 Å². The number of ether oxygens (including phenoxy) is 1. The Morgan fingerprint density at radius 2 is 2.00 bits per heavy atom. The minimum Gasteiger partial charge on any atom is -0.497 e. The van der Waals surface area contributed by atoms with Crippen LogP contribution in [0.5, 0.6) is 5.75 Å². The van der Waals surface area contributed by atoms with Crippen molar-refractivity contribution in [2.24, 2.45) is 0 Å². The van der Waals surface area contributed by atoms with Gasteiger partial charge in [-0.15, -0.1) is 0 Å². The summed E-state index contributed by atoms with van der Waals surface area (Å²) < 4.78 is 23.5. The fourth-order valence-corrected chi connectivity index (χ4v) is 2.24. The van der Waals surface area contributed by atoms with E-state index in [2.05, 4.69) is 15.5 Å². The number of rotatable bonds is 5. The number of amides is 1. The molecule has 1 amide bonds. The minimum atomic E-state index is -0.518. The summed E-state index contributed by atoms with van der Waals surface area (Å²) in [5.41, 5.74) is 0.987. The second kappa shape index (κ2) is 7.12. The standard InChI is InChI=1S/C18H16FN3O3/c1-11(20-17(23)13-4-3-5-14(19)10-13)18-21-16(22-25-18)12-6-8-15(24-2)9-7-12/h3-11H,1-2H3,(H,20,23)/t11-/m0/s1. The summed E-state index contributed by atoms with van der Waals surface area (Å²) in [6.07, 6.45) is 0. The van der Waals surface area contributed by atoms with Gasteiger partial charge in [0.1, 0.15) is 17.6 Å². The number of nitrogens with one attached hydrogen (secondary N) is 1. The van der Waals surface area contributed by atoms with E-state index >= 15 is 0 Å². The monoisotopic (exact) mass is 341 g/mol. The third kappa shape index (κ3) is 3.82. The lowest BCUT2D eigenvalue weighted by molar-refractivity contribution is 0.0932. The van der Waals surface area contributed by atoms with Gasteiger partial charge in [-0.25, -0.2) is 4.39 Å². The predicted octanol–water partition coefficient (Wildman–Crippen LogP) is 3.38. The van der Waals surface area contributed by atoms with Gasteiger partial charge in [0.15, 0.2) is 0 Å². The molecule has 1 heterocycles. The maximum absolute atomic E-state index is 13.2. The third-order valence-electron chi connectivity index (χ3n) is 3.59. The topological polar surface area (TPSA) is 77.3 Å². The van der Waals surface area contributed by atoms with Crippen molar-refractivity contribution in [3.05, 3.63) is 65.8 Å². The normalized spacial score (nSPS) is 11.8. The predicted molar refractivity (Wildman–Crippen MR) is 88.6 cm³/mol. The van der Waals surface area contributed by atoms with Crippen molar-refractivity contribution in [3.63, 3.8) is 0 Å². The van der Waals surface area contributed by atoms with Crippen molar-refractivity contribution in [3.8, 4) is 17.1 Å². The molecule has 0 spiro atoms. The van der Waals surface area contributed by atoms with Crippen molar-refractivity contribution in [1.29, 1.82) is 0 Å². The molecule has 0 aliphatic carbocycles. The molecular formula is C18H16FN3O3. The van der Waals surface area contributed by atoms with Crippen LogP contribution in [-0.4, -0.2) is 23.2 Å². The zero-order valence-electron chi connectivity index (χ0n) is 13.7. The van der Waals surface area contributed by atoms with Gasteiger partial charge in [0.05, 0.1) is 7.11 Å². The van der Waals surface area contributed by atoms with E-state index in [1.165, 1.54) is 24.3 Å². The number of halogens is 1. The Balaban J connectivity index is 1.71. The Bertz CT molecular complexity index is 877. The van der Waals surface area contributed by atoms with E-state index in [9.17, 15) is 9.18 Å². The van der Waals surface area contributed by atoms with Gasteiger partial charge in [-0.05, 0) is 49.4 Å². The fraction of sp³-hybridized carbons (Fsp3) is 0.167. The van der Waals surface area contributed by atoms with E-state index in [-0.39, 0.29) is 11.5 Å². The molecule has 2 aromatic carbocycles. The fourth-order valence-electron chi connectivity index (χ4n) is 2.24. The van der Waals surface area contributed by atoms with Gasteiger partial charge in [0.25, 0.3) is 5.91 Å². The number of nitrogens with zero attached hydrogens (tertiary/aromatic N) is 2. The number of hydrogen-bond acceptors (Lipinski definition) is 5. The maximum atomic E-state index is 13.2. The lowest BCUT2D eigenvalue weighted by atomic mass is 10.2. The van der Waals surface area contributed by atoms with Gasteiger partial charge in [-0.1, -0.05) is 11.2 Å². The molecule has 3 rings (SSSR count). The smallest absolute Gasteiger partial charge is 0.252 e. The molecule has 0 saturated carbocycles. The number of carbonyl (C=O) groups excluding carboxylic acids is 1. The second-order valence-corrected chi connectivity index (χ2v) is 5.39. The van der Waals surface area contributed by atoms with E-state index in [4.69, 9.17) is 9.26 Å². The number of carbonyl (C=O) groups is 1. The lowest BCUT2D eigenvalue weighted by Crippen LogP contribution is -2.26. The zero-order valence-corrected chi connectivity index (χ0v) is 13.7. The van der Waals surface area contributed by atoms with Crippen molar-refractivity contribution in [2.75, 3.05) is 7.11 Å². The first-order valence-corrected chi connectivity index (χ1v) is 7.61. The van der Waals surface area contributed by atoms with Crippen LogP contribution in [0.3, 0.4) is 0 Å². The molecule has 1 N–H and O–H groups in total. The summed E-state index contributed by atoms with van der Waals surface area (Å²) in [5, 5.41) is 6.62. The van der Waals surface area contributed by atoms with E-state index < -0.39 is 17.8 Å². The molecular weight excluding hydrogens is 325 g/mol. The highest BCUT2D eigenvalue weighted by Gasteiger charge is 2.18. The summed E-state index contributed by atoms with van der Waals surface area (Å²) in [6, 6.07) is 12.1. The van der Waals surface area contributed by atoms with Crippen LogP contribution in [0.25, 0.3) is 11.4 Å². The highest BCUT2D eigenvalue weighted by Crippen LogP contribution is 2.21. The van der Waals surface area contributed by atoms with Crippen molar-refractivity contribution in [1.82, 2.24) is 15.5 Å². The molecule has 1 aromatic heterocycles. The third-order valence-corrected chi connectivity index (χ3v) is 3.59. The summed E-state index contributed by atoms with van der Waals surface area (Å²) in [6.45, 7) is 1.71. The minimum absolute atomic E-state index is 0.224. The molecule has 0 radical (unpaired) electrons. The molecule has 6 nitrogen and oxygen atoms in total. The van der Waals surface area contributed by atoms with E-state index in [0.29, 0.717) is 5.82 Å². The van der Waals surface area contributed by atoms with Gasteiger partial charge in [0, 0.05) is 11.1 Å². The first-order chi connectivity index (χ1) is 12.1. The highest BCUT2D eigenvalue weighted by atomic mass is 19.1. The SMILES string of the molecule is COc1ccc(-c2noc([C@H](C)NC(=O)c3cccc(F)c3)n2)cc1. The molecule has 0 saturated heterocycles. The van der Waals surface area contributed by atoms with Gasteiger partial charge < -0.3 is 14.6 Å². The largest absolute Gasteiger partial charge is 0.497 e. The summed E-state index contributed by atoms with van der Waals surface area (Å²) in [5.74, 6) is 0.499. The molecule has 0 unspecified atom stereocenters. The zero-order chi connectivity index (χ0) is 17.8. The van der Waals surface area contributed by atoms with Crippen molar-refractivity contribution < 1.29 is 18.4 Å². The molecule has 0 fully saturated rings. The summed E-state index contributed by atoms with van der Waals surface area (Å²) in [7, 11) is 1.59. The van der Waals surface area contributed by atoms with Gasteiger partial charge in [-0.3, -0.25) is 4.79 Å². The number of methoxy groups -OCH3 is 1. The molecule has 128 valence electrons. The molecule has 0 aliphatic rings. The summed E-state index contributed by atoms with van der Waals surface area (Å²) in [4.78, 5) is 16.4. The van der Waals surface area contributed by atoms with Crippen molar-refractivity contribution in [2.45, 2.75) is 13.0 Å². The van der Waals surface area contributed by atoms with Gasteiger partial charge in [0.2, 0.25) is 11.7 Å². The van der Waals surface area contributed by atoms with Crippen LogP contribution in [0.1, 0.15) is 29.2 Å². The summed E-state index contributed by atoms with van der Waals surface area (Å²) >= 11 is 0. The Hall–Kier alpha value is -3.22. The number of hydrogen-bond donors (Lipinski definition) is 1. The van der Waals surface area contributed by atoms with Crippen molar-refractivity contribution >= 4 is 5.91 Å². The van der Waals surface area contributed by atoms with Gasteiger partial charge in [-0.2, -0.15) is 4.98 Å². The highest BCUT2D eigenvalue weighted by molar-refractivity contribution is 5.94. The van der Waals surface area contributed by atoms with E-state index in [0.717, 1.165) is 11.3 Å². The molecule has 0 bridgehead atoms. The average Bonchev–Trinajstić information content (AvgIpc) is 3.12. The number of benzene rings is 2. The Labute approximate surface area is 143 Å². The van der Waals surface area contributed by atoms with Gasteiger partial charge >= 0.3 is 0 Å². The van der Waals surface area contributed by atoms with Crippen LogP contribution in [-0.2, 0) is 0 Å². The Kier molecular flexibility index (Phi) is 4.74. The Morgan fingerprint density at radius 3 is 2.68 bits per heavy atom. The average molecular weight is 341 g/mol. The molecule has 25 heavy (non-hydrogen) atoms. The van der Waals surface area contributed by atoms with Crippen LogP contribution in [0.15, 0.2) is 53.1 Å². The molecule has 7 heteroatoms. The second-order valence-electron chi connectivity index (χ2n) is 5.39. The quantitative estimate of drug-likeness (QED) is 0.770. The Morgan fingerprint density at radius 1 is 1.24 bits per heavy atom. The lowest BCUT2D eigenvalue weighted by Gasteiger charge is -2.09. The van der Waals surface area contributed by atoms with Crippen LogP contribution in [0.2, 0.25) is 0 Å². The van der Waals surface area contributed by atoms with Crippen LogP contribution < -0.4 is 10.1 Å². The number of aromatic nitrogens is 2. The van der Waals surface area contributed by atoms with E-state index in [1.807, 2.05) is 12.1 Å². The first kappa shape index (κ1) is 16.6. The maximum Gasteiger partial charge on any atom is 0.252 e. The molecule has 1 atom stereocenters. The van der Waals surface area contributed by atoms with Crippen LogP contribution in [0.4, 0.5) is 4.39 Å². The van der Waals surface area contributed by atoms with Crippen LogP contribution >= 0.6 is 0 Å². The molecule has 0 aliphatic heterocycles.